The van der Waals surface area contributed by atoms with Crippen molar-refractivity contribution in [1.29, 1.82) is 5.26 Å². The summed E-state index contributed by atoms with van der Waals surface area (Å²) in [5.41, 5.74) is 1.93. The average Bonchev–Trinajstić information content (AvgIpc) is 2.57. The number of rotatable bonds is 2. The van der Waals surface area contributed by atoms with E-state index in [-0.39, 0.29) is 11.3 Å². The summed E-state index contributed by atoms with van der Waals surface area (Å²) >= 11 is 0. The van der Waals surface area contributed by atoms with Gasteiger partial charge in [0, 0.05) is 26.6 Å². The van der Waals surface area contributed by atoms with Crippen LogP contribution in [0.3, 0.4) is 0 Å². The molecule has 5 nitrogen and oxygen atoms in total. The van der Waals surface area contributed by atoms with Gasteiger partial charge in [-0.2, -0.15) is 5.26 Å². The molecule has 2 saturated heterocycles. The fourth-order valence-electron chi connectivity index (χ4n) is 4.14. The number of carbonyl (C=O) groups is 1. The van der Waals surface area contributed by atoms with E-state index in [1.54, 1.807) is 11.8 Å². The number of β-amino-alcohol motifs (C(OH)–C–C–N with tert-alkyl or cyclic N) is 1. The lowest BCUT2D eigenvalue weighted by Crippen LogP contribution is -2.54. The molecule has 2 aliphatic heterocycles. The van der Waals surface area contributed by atoms with E-state index in [4.69, 9.17) is 5.26 Å². The Hall–Kier alpha value is -1.90. The van der Waals surface area contributed by atoms with Gasteiger partial charge in [0.1, 0.15) is 0 Å². The van der Waals surface area contributed by atoms with Gasteiger partial charge in [-0.05, 0) is 55.5 Å². The molecule has 0 radical (unpaired) electrons. The molecule has 0 aromatic heterocycles. The molecular weight excluding hydrogens is 302 g/mol. The quantitative estimate of drug-likeness (QED) is 0.899. The van der Waals surface area contributed by atoms with Crippen molar-refractivity contribution < 1.29 is 9.90 Å². The first kappa shape index (κ1) is 16.9. The van der Waals surface area contributed by atoms with Crippen LogP contribution in [0.4, 0.5) is 0 Å². The smallest absolute Gasteiger partial charge is 0.219 e. The molecule has 1 atom stereocenters. The molecule has 1 amide bonds. The Kier molecular flexibility index (Phi) is 4.88. The summed E-state index contributed by atoms with van der Waals surface area (Å²) in [7, 11) is 0. The van der Waals surface area contributed by atoms with Crippen LogP contribution < -0.4 is 0 Å². The Morgan fingerprint density at radius 2 is 2.17 bits per heavy atom. The van der Waals surface area contributed by atoms with Crippen molar-refractivity contribution in [1.82, 2.24) is 9.80 Å². The summed E-state index contributed by atoms with van der Waals surface area (Å²) in [6.07, 6.45) is 2.41. The summed E-state index contributed by atoms with van der Waals surface area (Å²) in [5.74, 6) is 0.0591. The molecule has 0 bridgehead atoms. The Balaban J connectivity index is 1.60. The average molecular weight is 327 g/mol. The fraction of sp³-hybridized carbons (Fsp3) is 0.579. The Morgan fingerprint density at radius 1 is 1.42 bits per heavy atom. The third-order valence-corrected chi connectivity index (χ3v) is 5.45. The van der Waals surface area contributed by atoms with Gasteiger partial charge >= 0.3 is 0 Å². The van der Waals surface area contributed by atoms with E-state index in [9.17, 15) is 9.90 Å². The van der Waals surface area contributed by atoms with E-state index < -0.39 is 6.10 Å². The van der Waals surface area contributed by atoms with Crippen molar-refractivity contribution in [2.75, 3.05) is 26.2 Å². The highest BCUT2D eigenvalue weighted by Gasteiger charge is 2.42. The van der Waals surface area contributed by atoms with Crippen molar-refractivity contribution in [3.05, 3.63) is 35.4 Å². The molecule has 1 unspecified atom stereocenters. The SMILES string of the molecule is CC(=O)N1CC(O)CC2(CCN(Cc3cccc(C#N)c3)CC2)C1. The van der Waals surface area contributed by atoms with Crippen LogP contribution in [0.15, 0.2) is 24.3 Å². The maximum absolute atomic E-state index is 11.7. The predicted octanol–water partition coefficient (Wildman–Crippen LogP) is 1.75. The van der Waals surface area contributed by atoms with E-state index in [1.807, 2.05) is 18.2 Å². The first-order chi connectivity index (χ1) is 11.5. The maximum Gasteiger partial charge on any atom is 0.219 e. The number of likely N-dealkylation sites (tertiary alicyclic amines) is 2. The molecule has 5 heteroatoms. The number of amides is 1. The molecule has 0 aliphatic carbocycles. The zero-order valence-corrected chi connectivity index (χ0v) is 14.2. The van der Waals surface area contributed by atoms with Gasteiger partial charge < -0.3 is 10.0 Å². The van der Waals surface area contributed by atoms with Gasteiger partial charge in [0.05, 0.1) is 17.7 Å². The molecule has 3 rings (SSSR count). The molecule has 24 heavy (non-hydrogen) atoms. The highest BCUT2D eigenvalue weighted by molar-refractivity contribution is 5.73. The number of hydrogen-bond donors (Lipinski definition) is 1. The predicted molar refractivity (Wildman–Crippen MR) is 91.0 cm³/mol. The first-order valence-corrected chi connectivity index (χ1v) is 8.65. The summed E-state index contributed by atoms with van der Waals surface area (Å²) < 4.78 is 0. The standard InChI is InChI=1S/C19H25N3O2/c1-15(23)22-13-18(24)10-19(14-22)5-7-21(8-6-19)12-17-4-2-3-16(9-17)11-20/h2-4,9,18,24H,5-8,10,12-14H2,1H3. The van der Waals surface area contributed by atoms with Crippen molar-refractivity contribution in [2.45, 2.75) is 38.8 Å². The minimum atomic E-state index is -0.401. The second-order valence-corrected chi connectivity index (χ2v) is 7.35. The lowest BCUT2D eigenvalue weighted by atomic mass is 9.71. The van der Waals surface area contributed by atoms with Gasteiger partial charge in [0.25, 0.3) is 0 Å². The van der Waals surface area contributed by atoms with E-state index >= 15 is 0 Å². The van der Waals surface area contributed by atoms with Crippen molar-refractivity contribution in [2.24, 2.45) is 5.41 Å². The van der Waals surface area contributed by atoms with Crippen LogP contribution in [0, 0.1) is 16.7 Å². The molecular formula is C19H25N3O2. The van der Waals surface area contributed by atoms with Crippen molar-refractivity contribution in [3.63, 3.8) is 0 Å². The number of aliphatic hydroxyl groups is 1. The zero-order chi connectivity index (χ0) is 17.2. The third-order valence-electron chi connectivity index (χ3n) is 5.45. The van der Waals surface area contributed by atoms with Crippen LogP contribution in [0.5, 0.6) is 0 Å². The number of nitrogens with zero attached hydrogens (tertiary/aromatic N) is 3. The van der Waals surface area contributed by atoms with Crippen LogP contribution in [-0.4, -0.2) is 53.1 Å². The second-order valence-electron chi connectivity index (χ2n) is 7.35. The van der Waals surface area contributed by atoms with E-state index in [1.165, 1.54) is 5.56 Å². The number of nitriles is 1. The molecule has 1 aromatic rings. The van der Waals surface area contributed by atoms with Crippen molar-refractivity contribution in [3.8, 4) is 6.07 Å². The number of carbonyl (C=O) groups excluding carboxylic acids is 1. The Morgan fingerprint density at radius 3 is 2.83 bits per heavy atom. The monoisotopic (exact) mass is 327 g/mol. The Labute approximate surface area is 143 Å². The van der Waals surface area contributed by atoms with Crippen LogP contribution in [0.25, 0.3) is 0 Å². The lowest BCUT2D eigenvalue weighted by Gasteiger charge is -2.49. The van der Waals surface area contributed by atoms with Crippen molar-refractivity contribution >= 4 is 5.91 Å². The van der Waals surface area contributed by atoms with E-state index in [0.717, 1.165) is 45.4 Å². The highest BCUT2D eigenvalue weighted by Crippen LogP contribution is 2.40. The van der Waals surface area contributed by atoms with Gasteiger partial charge in [0.15, 0.2) is 0 Å². The van der Waals surface area contributed by atoms with Crippen LogP contribution in [0.2, 0.25) is 0 Å². The number of piperidine rings is 2. The van der Waals surface area contributed by atoms with Gasteiger partial charge in [-0.15, -0.1) is 0 Å². The minimum Gasteiger partial charge on any atom is -0.391 e. The summed E-state index contributed by atoms with van der Waals surface area (Å²) in [6, 6.07) is 9.96. The topological polar surface area (TPSA) is 67.6 Å². The first-order valence-electron chi connectivity index (χ1n) is 8.65. The Bertz CT molecular complexity index is 644. The van der Waals surface area contributed by atoms with E-state index in [2.05, 4.69) is 17.0 Å². The maximum atomic E-state index is 11.7. The number of hydrogen-bond acceptors (Lipinski definition) is 4. The van der Waals surface area contributed by atoms with Gasteiger partial charge in [-0.25, -0.2) is 0 Å². The van der Waals surface area contributed by atoms with Crippen LogP contribution >= 0.6 is 0 Å². The number of benzene rings is 1. The van der Waals surface area contributed by atoms with Gasteiger partial charge in [0.2, 0.25) is 5.91 Å². The molecule has 0 saturated carbocycles. The molecule has 1 N–H and O–H groups in total. The molecule has 2 aliphatic rings. The minimum absolute atomic E-state index is 0.0591. The van der Waals surface area contributed by atoms with Gasteiger partial charge in [-0.3, -0.25) is 9.69 Å². The third kappa shape index (κ3) is 3.77. The molecule has 1 aromatic carbocycles. The number of aliphatic hydroxyl groups excluding tert-OH is 1. The van der Waals surface area contributed by atoms with E-state index in [0.29, 0.717) is 12.1 Å². The molecule has 2 fully saturated rings. The summed E-state index contributed by atoms with van der Waals surface area (Å²) in [5, 5.41) is 19.2. The summed E-state index contributed by atoms with van der Waals surface area (Å²) in [6.45, 7) is 5.62. The molecule has 1 spiro atoms. The highest BCUT2D eigenvalue weighted by atomic mass is 16.3. The van der Waals surface area contributed by atoms with Crippen LogP contribution in [-0.2, 0) is 11.3 Å². The summed E-state index contributed by atoms with van der Waals surface area (Å²) in [4.78, 5) is 15.9. The normalized spacial score (nSPS) is 23.9. The van der Waals surface area contributed by atoms with Crippen LogP contribution in [0.1, 0.15) is 37.3 Å². The fourth-order valence-corrected chi connectivity index (χ4v) is 4.14. The second kappa shape index (κ2) is 6.92. The zero-order valence-electron chi connectivity index (χ0n) is 14.2. The largest absolute Gasteiger partial charge is 0.391 e. The van der Waals surface area contributed by atoms with Gasteiger partial charge in [-0.1, -0.05) is 12.1 Å². The lowest BCUT2D eigenvalue weighted by molar-refractivity contribution is -0.138. The molecule has 128 valence electrons. The molecule has 2 heterocycles.